The van der Waals surface area contributed by atoms with Gasteiger partial charge >= 0.3 is 5.97 Å². The lowest BCUT2D eigenvalue weighted by atomic mass is 9.97. The lowest BCUT2D eigenvalue weighted by Crippen LogP contribution is -2.16. The number of pyridine rings is 1. The molecule has 0 aliphatic carbocycles. The molecule has 0 saturated heterocycles. The standard InChI is InChI=1S/C13H19NO3/c1-4-5-7-10(13(15)17-3)12-11(16-2)8-6-9-14-12/h6,8-10H,4-5,7H2,1-3H3. The average Bonchev–Trinajstić information content (AvgIpc) is 2.39. The highest BCUT2D eigenvalue weighted by Gasteiger charge is 2.25. The van der Waals surface area contributed by atoms with E-state index in [1.54, 1.807) is 19.4 Å². The van der Waals surface area contributed by atoms with Gasteiger partial charge in [-0.2, -0.15) is 0 Å². The largest absolute Gasteiger partial charge is 0.495 e. The Hall–Kier alpha value is -1.58. The molecule has 0 aromatic carbocycles. The Kier molecular flexibility index (Phi) is 5.46. The number of aromatic nitrogens is 1. The molecule has 0 saturated carbocycles. The quantitative estimate of drug-likeness (QED) is 0.713. The third kappa shape index (κ3) is 3.44. The molecule has 1 rings (SSSR count). The second-order valence-corrected chi connectivity index (χ2v) is 3.81. The van der Waals surface area contributed by atoms with Crippen LogP contribution in [0.5, 0.6) is 5.75 Å². The molecule has 0 amide bonds. The lowest BCUT2D eigenvalue weighted by molar-refractivity contribution is -0.142. The van der Waals surface area contributed by atoms with Crippen molar-refractivity contribution in [3.05, 3.63) is 24.0 Å². The van der Waals surface area contributed by atoms with E-state index in [-0.39, 0.29) is 11.9 Å². The highest BCUT2D eigenvalue weighted by Crippen LogP contribution is 2.29. The van der Waals surface area contributed by atoms with Gasteiger partial charge in [0, 0.05) is 6.20 Å². The summed E-state index contributed by atoms with van der Waals surface area (Å²) in [6, 6.07) is 3.60. The summed E-state index contributed by atoms with van der Waals surface area (Å²) >= 11 is 0. The smallest absolute Gasteiger partial charge is 0.314 e. The normalized spacial score (nSPS) is 11.9. The molecule has 4 nitrogen and oxygen atoms in total. The Morgan fingerprint density at radius 3 is 2.82 bits per heavy atom. The molecule has 4 heteroatoms. The summed E-state index contributed by atoms with van der Waals surface area (Å²) in [5, 5.41) is 0. The number of nitrogens with zero attached hydrogens (tertiary/aromatic N) is 1. The van der Waals surface area contributed by atoms with E-state index >= 15 is 0 Å². The topological polar surface area (TPSA) is 48.4 Å². The van der Waals surface area contributed by atoms with Crippen LogP contribution in [0.4, 0.5) is 0 Å². The van der Waals surface area contributed by atoms with Crippen LogP contribution in [0.15, 0.2) is 18.3 Å². The van der Waals surface area contributed by atoms with Crippen LogP contribution >= 0.6 is 0 Å². The van der Waals surface area contributed by atoms with Crippen LogP contribution in [0.3, 0.4) is 0 Å². The number of esters is 1. The minimum absolute atomic E-state index is 0.254. The first-order valence-electron chi connectivity index (χ1n) is 5.81. The van der Waals surface area contributed by atoms with E-state index in [0.29, 0.717) is 11.4 Å². The molecule has 0 bridgehead atoms. The van der Waals surface area contributed by atoms with Crippen LogP contribution < -0.4 is 4.74 Å². The molecule has 94 valence electrons. The summed E-state index contributed by atoms with van der Waals surface area (Å²) in [5.74, 6) is 0.0468. The third-order valence-electron chi connectivity index (χ3n) is 2.68. The number of hydrogen-bond donors (Lipinski definition) is 0. The first-order chi connectivity index (χ1) is 8.24. The van der Waals surface area contributed by atoms with Gasteiger partial charge in [0.25, 0.3) is 0 Å². The van der Waals surface area contributed by atoms with E-state index < -0.39 is 0 Å². The molecular weight excluding hydrogens is 218 g/mol. The van der Waals surface area contributed by atoms with Crippen LogP contribution in [-0.4, -0.2) is 25.2 Å². The van der Waals surface area contributed by atoms with Crippen molar-refractivity contribution in [1.29, 1.82) is 0 Å². The predicted molar refractivity (Wildman–Crippen MR) is 65.1 cm³/mol. The van der Waals surface area contributed by atoms with Crippen LogP contribution in [0.1, 0.15) is 37.8 Å². The molecule has 0 aliphatic heterocycles. The second-order valence-electron chi connectivity index (χ2n) is 3.81. The van der Waals surface area contributed by atoms with Gasteiger partial charge in [-0.3, -0.25) is 9.78 Å². The summed E-state index contributed by atoms with van der Waals surface area (Å²) in [5.41, 5.74) is 0.662. The van der Waals surface area contributed by atoms with Gasteiger partial charge < -0.3 is 9.47 Å². The molecule has 1 aromatic heterocycles. The fourth-order valence-electron chi connectivity index (χ4n) is 1.75. The van der Waals surface area contributed by atoms with E-state index in [1.807, 2.05) is 6.07 Å². The minimum Gasteiger partial charge on any atom is -0.495 e. The maximum Gasteiger partial charge on any atom is 0.314 e. The first kappa shape index (κ1) is 13.5. The minimum atomic E-state index is -0.337. The van der Waals surface area contributed by atoms with Crippen molar-refractivity contribution in [3.63, 3.8) is 0 Å². The summed E-state index contributed by atoms with van der Waals surface area (Å²) in [7, 11) is 2.98. The Morgan fingerprint density at radius 2 is 2.24 bits per heavy atom. The van der Waals surface area contributed by atoms with E-state index in [2.05, 4.69) is 11.9 Å². The van der Waals surface area contributed by atoms with Crippen molar-refractivity contribution in [2.24, 2.45) is 0 Å². The van der Waals surface area contributed by atoms with E-state index in [1.165, 1.54) is 7.11 Å². The molecule has 0 spiro atoms. The van der Waals surface area contributed by atoms with Crippen molar-refractivity contribution in [2.45, 2.75) is 32.1 Å². The molecular formula is C13H19NO3. The van der Waals surface area contributed by atoms with E-state index in [0.717, 1.165) is 19.3 Å². The van der Waals surface area contributed by atoms with Gasteiger partial charge in [-0.1, -0.05) is 19.8 Å². The Balaban J connectivity index is 2.98. The van der Waals surface area contributed by atoms with Crippen LogP contribution in [-0.2, 0) is 9.53 Å². The molecule has 0 N–H and O–H groups in total. The fraction of sp³-hybridized carbons (Fsp3) is 0.538. The molecule has 1 aromatic rings. The maximum absolute atomic E-state index is 11.8. The molecule has 0 fully saturated rings. The van der Waals surface area contributed by atoms with Gasteiger partial charge in [0.05, 0.1) is 19.9 Å². The number of unbranched alkanes of at least 4 members (excludes halogenated alkanes) is 1. The monoisotopic (exact) mass is 237 g/mol. The van der Waals surface area contributed by atoms with Crippen molar-refractivity contribution >= 4 is 5.97 Å². The number of ether oxygens (including phenoxy) is 2. The van der Waals surface area contributed by atoms with Crippen molar-refractivity contribution < 1.29 is 14.3 Å². The summed E-state index contributed by atoms with van der Waals surface area (Å²) in [6.45, 7) is 2.09. The van der Waals surface area contributed by atoms with Gasteiger partial charge in [0.1, 0.15) is 11.7 Å². The van der Waals surface area contributed by atoms with Crippen molar-refractivity contribution in [3.8, 4) is 5.75 Å². The van der Waals surface area contributed by atoms with Crippen LogP contribution in [0, 0.1) is 0 Å². The summed E-state index contributed by atoms with van der Waals surface area (Å²) in [6.07, 6.45) is 4.39. The van der Waals surface area contributed by atoms with Gasteiger partial charge in [0.2, 0.25) is 0 Å². The van der Waals surface area contributed by atoms with Gasteiger partial charge in [-0.25, -0.2) is 0 Å². The lowest BCUT2D eigenvalue weighted by Gasteiger charge is -2.16. The summed E-state index contributed by atoms with van der Waals surface area (Å²) < 4.78 is 10.1. The second kappa shape index (κ2) is 6.89. The van der Waals surface area contributed by atoms with Crippen molar-refractivity contribution in [2.75, 3.05) is 14.2 Å². The van der Waals surface area contributed by atoms with Gasteiger partial charge in [-0.15, -0.1) is 0 Å². The molecule has 1 atom stereocenters. The van der Waals surface area contributed by atoms with Crippen molar-refractivity contribution in [1.82, 2.24) is 4.98 Å². The number of carbonyl (C=O) groups excluding carboxylic acids is 1. The molecule has 0 radical (unpaired) electrons. The van der Waals surface area contributed by atoms with E-state index in [4.69, 9.17) is 9.47 Å². The number of rotatable bonds is 6. The van der Waals surface area contributed by atoms with Crippen LogP contribution in [0.25, 0.3) is 0 Å². The zero-order valence-corrected chi connectivity index (χ0v) is 10.6. The molecule has 0 aliphatic rings. The molecule has 1 unspecified atom stereocenters. The molecule has 1 heterocycles. The fourth-order valence-corrected chi connectivity index (χ4v) is 1.75. The Bertz CT molecular complexity index is 365. The highest BCUT2D eigenvalue weighted by molar-refractivity contribution is 5.78. The first-order valence-corrected chi connectivity index (χ1v) is 5.81. The van der Waals surface area contributed by atoms with Gasteiger partial charge in [0.15, 0.2) is 0 Å². The SMILES string of the molecule is CCCCC(C(=O)OC)c1ncccc1OC. The number of hydrogen-bond acceptors (Lipinski definition) is 4. The van der Waals surface area contributed by atoms with Crippen LogP contribution in [0.2, 0.25) is 0 Å². The van der Waals surface area contributed by atoms with E-state index in [9.17, 15) is 4.79 Å². The number of methoxy groups -OCH3 is 2. The summed E-state index contributed by atoms with van der Waals surface area (Å²) in [4.78, 5) is 16.0. The Labute approximate surface area is 102 Å². The zero-order valence-electron chi connectivity index (χ0n) is 10.6. The average molecular weight is 237 g/mol. The van der Waals surface area contributed by atoms with Gasteiger partial charge in [-0.05, 0) is 18.6 Å². The predicted octanol–water partition coefficient (Wildman–Crippen LogP) is 2.54. The maximum atomic E-state index is 11.8. The Morgan fingerprint density at radius 1 is 1.47 bits per heavy atom. The zero-order chi connectivity index (χ0) is 12.7. The highest BCUT2D eigenvalue weighted by atomic mass is 16.5. The third-order valence-corrected chi connectivity index (χ3v) is 2.68. The number of carbonyl (C=O) groups is 1. The molecule has 17 heavy (non-hydrogen) atoms.